The van der Waals surface area contributed by atoms with Crippen molar-refractivity contribution in [2.24, 2.45) is 0 Å². The van der Waals surface area contributed by atoms with Gasteiger partial charge in [-0.3, -0.25) is 14.5 Å². The predicted molar refractivity (Wildman–Crippen MR) is 109 cm³/mol. The Morgan fingerprint density at radius 3 is 2.73 bits per heavy atom. The first-order valence-corrected chi connectivity index (χ1v) is 9.70. The summed E-state index contributed by atoms with van der Waals surface area (Å²) < 4.78 is 23.7. The van der Waals surface area contributed by atoms with E-state index in [0.717, 1.165) is 22.7 Å². The number of carboxylic acids is 1. The van der Waals surface area contributed by atoms with Crippen molar-refractivity contribution in [3.63, 3.8) is 0 Å². The molecule has 0 radical (unpaired) electrons. The number of halogens is 2. The van der Waals surface area contributed by atoms with Crippen molar-refractivity contribution >= 4 is 46.6 Å². The average molecular weight is 452 g/mol. The third kappa shape index (κ3) is 4.74. The number of para-hydroxylation sites is 1. The van der Waals surface area contributed by atoms with Crippen LogP contribution in [-0.4, -0.2) is 40.8 Å². The molecule has 0 aliphatic carbocycles. The van der Waals surface area contributed by atoms with Crippen LogP contribution in [0.4, 0.5) is 9.18 Å². The van der Waals surface area contributed by atoms with Crippen molar-refractivity contribution in [1.82, 2.24) is 4.90 Å². The van der Waals surface area contributed by atoms with Gasteiger partial charge in [-0.05, 0) is 41.6 Å². The number of aliphatic carboxylic acids is 1. The zero-order chi connectivity index (χ0) is 21.8. The van der Waals surface area contributed by atoms with Crippen molar-refractivity contribution in [2.45, 2.75) is 6.54 Å². The normalized spacial score (nSPS) is 15.0. The molecule has 30 heavy (non-hydrogen) atoms. The summed E-state index contributed by atoms with van der Waals surface area (Å²) >= 11 is 6.72. The van der Waals surface area contributed by atoms with Crippen LogP contribution in [0.5, 0.6) is 11.5 Å². The van der Waals surface area contributed by atoms with Gasteiger partial charge in [-0.1, -0.05) is 29.8 Å². The Morgan fingerprint density at radius 1 is 1.30 bits per heavy atom. The fourth-order valence-corrected chi connectivity index (χ4v) is 3.75. The van der Waals surface area contributed by atoms with Gasteiger partial charge in [-0.15, -0.1) is 0 Å². The topological polar surface area (TPSA) is 93.1 Å². The fourth-order valence-electron chi connectivity index (χ4n) is 2.69. The van der Waals surface area contributed by atoms with Crippen LogP contribution in [0, 0.1) is 5.82 Å². The van der Waals surface area contributed by atoms with Crippen molar-refractivity contribution < 1.29 is 33.4 Å². The van der Waals surface area contributed by atoms with Gasteiger partial charge >= 0.3 is 5.97 Å². The Labute approximate surface area is 180 Å². The third-order valence-electron chi connectivity index (χ3n) is 4.07. The number of ether oxygens (including phenoxy) is 2. The van der Waals surface area contributed by atoms with Gasteiger partial charge in [0, 0.05) is 10.6 Å². The summed E-state index contributed by atoms with van der Waals surface area (Å²) in [6.45, 7) is -0.715. The number of methoxy groups -OCH3 is 1. The lowest BCUT2D eigenvalue weighted by Gasteiger charge is -2.14. The molecule has 156 valence electrons. The molecule has 10 heteroatoms. The number of amides is 2. The van der Waals surface area contributed by atoms with Gasteiger partial charge in [0.2, 0.25) is 0 Å². The van der Waals surface area contributed by atoms with E-state index in [9.17, 15) is 18.8 Å². The Balaban J connectivity index is 1.89. The van der Waals surface area contributed by atoms with E-state index in [-0.39, 0.29) is 28.0 Å². The van der Waals surface area contributed by atoms with E-state index in [1.54, 1.807) is 18.2 Å². The smallest absolute Gasteiger partial charge is 0.341 e. The first-order valence-electron chi connectivity index (χ1n) is 8.51. The molecule has 7 nitrogen and oxygen atoms in total. The Hall–Kier alpha value is -3.04. The van der Waals surface area contributed by atoms with Crippen molar-refractivity contribution in [3.05, 3.63) is 63.3 Å². The highest BCUT2D eigenvalue weighted by atomic mass is 35.5. The molecule has 2 aromatic rings. The van der Waals surface area contributed by atoms with Gasteiger partial charge in [-0.2, -0.15) is 0 Å². The van der Waals surface area contributed by atoms with E-state index in [1.165, 1.54) is 25.3 Å². The lowest BCUT2D eigenvalue weighted by Crippen LogP contribution is -2.27. The molecule has 2 amide bonds. The van der Waals surface area contributed by atoms with Crippen molar-refractivity contribution in [1.29, 1.82) is 0 Å². The predicted octanol–water partition coefficient (Wildman–Crippen LogP) is 4.19. The summed E-state index contributed by atoms with van der Waals surface area (Å²) in [6, 6.07) is 8.53. The Morgan fingerprint density at radius 2 is 2.07 bits per heavy atom. The number of imide groups is 1. The molecular formula is C20H15ClFNO6S. The second-order valence-electron chi connectivity index (χ2n) is 6.06. The Bertz CT molecular complexity index is 1060. The molecule has 2 aromatic carbocycles. The number of nitrogens with zero attached hydrogens (tertiary/aromatic N) is 1. The maximum absolute atomic E-state index is 13.2. The number of carbonyl (C=O) groups is 3. The molecule has 0 unspecified atom stereocenters. The molecule has 0 aromatic heterocycles. The van der Waals surface area contributed by atoms with Crippen molar-refractivity contribution in [3.8, 4) is 11.5 Å². The van der Waals surface area contributed by atoms with Gasteiger partial charge in [0.25, 0.3) is 11.1 Å². The third-order valence-corrected chi connectivity index (χ3v) is 5.33. The molecule has 0 atom stereocenters. The van der Waals surface area contributed by atoms with Crippen LogP contribution in [0.3, 0.4) is 0 Å². The summed E-state index contributed by atoms with van der Waals surface area (Å²) in [7, 11) is 1.40. The minimum atomic E-state index is -1.18. The SMILES string of the molecule is COc1cccc(/C=C2\SC(=O)N(Cc3ccc(F)cc3Cl)C2=O)c1OCC(=O)O. The summed E-state index contributed by atoms with van der Waals surface area (Å²) in [4.78, 5) is 37.1. The number of hydrogen-bond acceptors (Lipinski definition) is 6. The second kappa shape index (κ2) is 9.19. The van der Waals surface area contributed by atoms with Gasteiger partial charge in [-0.25, -0.2) is 9.18 Å². The standard InChI is InChI=1S/C20H15ClFNO6S/c1-28-15-4-2-3-11(18(15)29-10-17(24)25)7-16-19(26)23(20(27)30-16)9-12-5-6-13(22)8-14(12)21/h2-8H,9-10H2,1H3,(H,24,25)/b16-7-. The van der Waals surface area contributed by atoms with Crippen LogP contribution < -0.4 is 9.47 Å². The van der Waals surface area contributed by atoms with E-state index < -0.39 is 29.5 Å². The molecule has 3 rings (SSSR count). The lowest BCUT2D eigenvalue weighted by atomic mass is 10.1. The molecule has 1 saturated heterocycles. The average Bonchev–Trinajstić information content (AvgIpc) is 2.95. The second-order valence-corrected chi connectivity index (χ2v) is 7.47. The van der Waals surface area contributed by atoms with E-state index in [1.807, 2.05) is 0 Å². The molecule has 0 saturated carbocycles. The van der Waals surface area contributed by atoms with E-state index >= 15 is 0 Å². The number of hydrogen-bond donors (Lipinski definition) is 1. The first-order chi connectivity index (χ1) is 14.3. The van der Waals surface area contributed by atoms with Gasteiger partial charge < -0.3 is 14.6 Å². The molecule has 1 fully saturated rings. The molecule has 1 aliphatic heterocycles. The highest BCUT2D eigenvalue weighted by Crippen LogP contribution is 2.38. The summed E-state index contributed by atoms with van der Waals surface area (Å²) in [5.41, 5.74) is 0.800. The van der Waals surface area contributed by atoms with Crippen LogP contribution >= 0.6 is 23.4 Å². The van der Waals surface area contributed by atoms with Crippen LogP contribution in [0.15, 0.2) is 41.3 Å². The van der Waals surface area contributed by atoms with Crippen molar-refractivity contribution in [2.75, 3.05) is 13.7 Å². The number of carboxylic acid groups (broad SMARTS) is 1. The summed E-state index contributed by atoms with van der Waals surface area (Å²) in [5.74, 6) is -1.84. The van der Waals surface area contributed by atoms with Crippen LogP contribution in [0.2, 0.25) is 5.02 Å². The summed E-state index contributed by atoms with van der Waals surface area (Å²) in [6.07, 6.45) is 1.43. The van der Waals surface area contributed by atoms with E-state index in [2.05, 4.69) is 0 Å². The van der Waals surface area contributed by atoms with Crippen LogP contribution in [0.1, 0.15) is 11.1 Å². The molecule has 1 N–H and O–H groups in total. The van der Waals surface area contributed by atoms with Gasteiger partial charge in [0.05, 0.1) is 18.6 Å². The zero-order valence-electron chi connectivity index (χ0n) is 15.6. The molecule has 1 heterocycles. The largest absolute Gasteiger partial charge is 0.493 e. The lowest BCUT2D eigenvalue weighted by molar-refractivity contribution is -0.139. The number of benzene rings is 2. The van der Waals surface area contributed by atoms with E-state index in [4.69, 9.17) is 26.2 Å². The highest BCUT2D eigenvalue weighted by Gasteiger charge is 2.35. The molecule has 1 aliphatic rings. The maximum atomic E-state index is 13.2. The minimum absolute atomic E-state index is 0.107. The number of rotatable bonds is 7. The quantitative estimate of drug-likeness (QED) is 0.631. The maximum Gasteiger partial charge on any atom is 0.341 e. The zero-order valence-corrected chi connectivity index (χ0v) is 17.1. The number of carbonyl (C=O) groups excluding carboxylic acids is 2. The first kappa shape index (κ1) is 21.7. The van der Waals surface area contributed by atoms with Gasteiger partial charge in [0.15, 0.2) is 18.1 Å². The molecule has 0 spiro atoms. The van der Waals surface area contributed by atoms with Crippen LogP contribution in [-0.2, 0) is 16.1 Å². The van der Waals surface area contributed by atoms with E-state index in [0.29, 0.717) is 11.1 Å². The highest BCUT2D eigenvalue weighted by molar-refractivity contribution is 8.18. The molecule has 0 bridgehead atoms. The minimum Gasteiger partial charge on any atom is -0.493 e. The van der Waals surface area contributed by atoms with Gasteiger partial charge in [0.1, 0.15) is 5.82 Å². The fraction of sp³-hybridized carbons (Fsp3) is 0.150. The molecular weight excluding hydrogens is 437 g/mol. The van der Waals surface area contributed by atoms with Crippen LogP contribution in [0.25, 0.3) is 6.08 Å². The monoisotopic (exact) mass is 451 g/mol. The summed E-state index contributed by atoms with van der Waals surface area (Å²) in [5, 5.41) is 8.47. The number of thioether (sulfide) groups is 1. The Kier molecular flexibility index (Phi) is 6.63.